The Balaban J connectivity index is 0.993. The molecule has 0 spiro atoms. The van der Waals surface area contributed by atoms with E-state index in [1.807, 2.05) is 11.3 Å². The lowest BCUT2D eigenvalue weighted by Gasteiger charge is -2.09. The van der Waals surface area contributed by atoms with Gasteiger partial charge in [-0.1, -0.05) is 109 Å². The Morgan fingerprint density at radius 2 is 0.926 bits per heavy atom. The number of benzene rings is 8. The molecule has 0 radical (unpaired) electrons. The third-order valence-electron chi connectivity index (χ3n) is 11.1. The molecule has 12 aromatic rings. The molecule has 54 heavy (non-hydrogen) atoms. The zero-order chi connectivity index (χ0) is 35.3. The summed E-state index contributed by atoms with van der Waals surface area (Å²) in [6, 6.07) is 65.8. The fourth-order valence-electron chi connectivity index (χ4n) is 8.74. The summed E-state index contributed by atoms with van der Waals surface area (Å²) in [5.74, 6) is 0. The minimum Gasteiger partial charge on any atom is -0.439 e. The van der Waals surface area contributed by atoms with Crippen molar-refractivity contribution in [3.8, 4) is 33.6 Å². The zero-order valence-corrected chi connectivity index (χ0v) is 29.8. The molecule has 4 heterocycles. The van der Waals surface area contributed by atoms with E-state index in [1.54, 1.807) is 0 Å². The van der Waals surface area contributed by atoms with Crippen LogP contribution in [0, 0.1) is 0 Å². The highest BCUT2D eigenvalue weighted by molar-refractivity contribution is 7.25. The van der Waals surface area contributed by atoms with Crippen molar-refractivity contribution in [1.29, 1.82) is 0 Å². The number of furan rings is 1. The number of thiophene rings is 1. The molecule has 252 valence electrons. The maximum absolute atomic E-state index is 6.73. The fourth-order valence-corrected chi connectivity index (χ4v) is 9.80. The predicted molar refractivity (Wildman–Crippen MR) is 229 cm³/mol. The van der Waals surface area contributed by atoms with Crippen molar-refractivity contribution in [3.05, 3.63) is 182 Å². The molecule has 3 nitrogen and oxygen atoms in total. The quantitative estimate of drug-likeness (QED) is 0.179. The first kappa shape index (κ1) is 29.7. The minimum atomic E-state index is 0.876. The zero-order valence-electron chi connectivity index (χ0n) is 29.0. The molecule has 0 aliphatic rings. The van der Waals surface area contributed by atoms with Crippen LogP contribution in [0.25, 0.3) is 109 Å². The number of hydrogen-bond donors (Lipinski definition) is 0. The number of nitrogens with zero attached hydrogens (tertiary/aromatic N) is 2. The van der Waals surface area contributed by atoms with Crippen LogP contribution in [0.3, 0.4) is 0 Å². The molecule has 0 saturated heterocycles. The van der Waals surface area contributed by atoms with E-state index in [1.165, 1.54) is 69.6 Å². The molecule has 0 unspecified atom stereocenters. The molecule has 4 heteroatoms. The second-order valence-corrected chi connectivity index (χ2v) is 15.2. The molecule has 0 amide bonds. The molecule has 0 bridgehead atoms. The van der Waals surface area contributed by atoms with Gasteiger partial charge in [0.25, 0.3) is 0 Å². The highest BCUT2D eigenvalue weighted by Crippen LogP contribution is 2.45. The summed E-state index contributed by atoms with van der Waals surface area (Å²) in [7, 11) is 0. The lowest BCUT2D eigenvalue weighted by atomic mass is 9.97. The van der Waals surface area contributed by atoms with Crippen LogP contribution in [0.15, 0.2) is 186 Å². The van der Waals surface area contributed by atoms with Gasteiger partial charge in [-0.3, -0.25) is 4.57 Å². The van der Waals surface area contributed by atoms with Crippen molar-refractivity contribution in [2.45, 2.75) is 0 Å². The third kappa shape index (κ3) is 4.23. The van der Waals surface area contributed by atoms with Gasteiger partial charge in [-0.2, -0.15) is 0 Å². The third-order valence-corrected chi connectivity index (χ3v) is 12.3. The average molecular weight is 707 g/mol. The smallest absolute Gasteiger partial charge is 0.213 e. The molecule has 0 N–H and O–H groups in total. The van der Waals surface area contributed by atoms with Crippen LogP contribution in [0.4, 0.5) is 0 Å². The first-order valence-corrected chi connectivity index (χ1v) is 19.2. The summed E-state index contributed by atoms with van der Waals surface area (Å²) in [5.41, 5.74) is 12.4. The Bertz CT molecular complexity index is 3380. The Morgan fingerprint density at radius 1 is 0.370 bits per heavy atom. The van der Waals surface area contributed by atoms with E-state index in [0.717, 1.165) is 39.0 Å². The number of para-hydroxylation sites is 4. The predicted octanol–water partition coefficient (Wildman–Crippen LogP) is 14.3. The molecule has 0 aliphatic carbocycles. The topological polar surface area (TPSA) is 23.0 Å². The van der Waals surface area contributed by atoms with Crippen LogP contribution >= 0.6 is 11.3 Å². The first-order chi connectivity index (χ1) is 26.8. The van der Waals surface area contributed by atoms with Crippen molar-refractivity contribution in [1.82, 2.24) is 9.13 Å². The lowest BCUT2D eigenvalue weighted by molar-refractivity contribution is 0.645. The van der Waals surface area contributed by atoms with Crippen LogP contribution in [-0.2, 0) is 0 Å². The van der Waals surface area contributed by atoms with Gasteiger partial charge in [-0.15, -0.1) is 11.3 Å². The fraction of sp³-hybridized carbons (Fsp3) is 0. The van der Waals surface area contributed by atoms with Crippen LogP contribution in [0.5, 0.6) is 0 Å². The maximum atomic E-state index is 6.73. The van der Waals surface area contributed by atoms with Crippen molar-refractivity contribution in [2.24, 2.45) is 0 Å². The van der Waals surface area contributed by atoms with E-state index in [0.29, 0.717) is 0 Å². The van der Waals surface area contributed by atoms with Crippen LogP contribution in [-0.4, -0.2) is 9.13 Å². The van der Waals surface area contributed by atoms with E-state index in [9.17, 15) is 0 Å². The van der Waals surface area contributed by atoms with Crippen molar-refractivity contribution in [3.63, 3.8) is 0 Å². The largest absolute Gasteiger partial charge is 0.439 e. The monoisotopic (exact) mass is 706 g/mol. The van der Waals surface area contributed by atoms with Gasteiger partial charge in [0.05, 0.1) is 21.9 Å². The molecule has 4 aromatic heterocycles. The summed E-state index contributed by atoms with van der Waals surface area (Å²) in [6.07, 6.45) is 0. The van der Waals surface area contributed by atoms with Crippen LogP contribution in [0.1, 0.15) is 0 Å². The van der Waals surface area contributed by atoms with Crippen molar-refractivity contribution >= 4 is 86.3 Å². The van der Waals surface area contributed by atoms with E-state index in [-0.39, 0.29) is 0 Å². The highest BCUT2D eigenvalue weighted by Gasteiger charge is 2.22. The van der Waals surface area contributed by atoms with Gasteiger partial charge in [0, 0.05) is 53.1 Å². The van der Waals surface area contributed by atoms with E-state index < -0.39 is 0 Å². The molecule has 0 fully saturated rings. The number of fused-ring (bicyclic) bond motifs is 11. The first-order valence-electron chi connectivity index (χ1n) is 18.3. The van der Waals surface area contributed by atoms with Gasteiger partial charge < -0.3 is 8.98 Å². The summed E-state index contributed by atoms with van der Waals surface area (Å²) in [5, 5.41) is 8.62. The number of aromatic nitrogens is 2. The van der Waals surface area contributed by atoms with E-state index in [4.69, 9.17) is 4.42 Å². The normalized spacial score (nSPS) is 12.1. The number of hydrogen-bond acceptors (Lipinski definition) is 2. The Hall–Kier alpha value is -6.88. The Morgan fingerprint density at radius 3 is 1.63 bits per heavy atom. The van der Waals surface area contributed by atoms with Crippen LogP contribution < -0.4 is 0 Å². The van der Waals surface area contributed by atoms with Crippen molar-refractivity contribution in [2.75, 3.05) is 0 Å². The average Bonchev–Trinajstić information content (AvgIpc) is 3.98. The highest BCUT2D eigenvalue weighted by atomic mass is 32.1. The minimum absolute atomic E-state index is 0.876. The van der Waals surface area contributed by atoms with Gasteiger partial charge in [0.15, 0.2) is 0 Å². The SMILES string of the molecule is c1ccc(-n2c3ccccc3c3c4c(-c5ccc6sc7ccc(-c8ccc(-n9c%10ccccc%10c%10ccccc%109)cc8)cc7c6c5)cccc4oc32)cc1. The Labute approximate surface area is 314 Å². The number of rotatable bonds is 4. The summed E-state index contributed by atoms with van der Waals surface area (Å²) in [6.45, 7) is 0. The second-order valence-electron chi connectivity index (χ2n) is 14.1. The molecule has 8 aromatic carbocycles. The molecule has 0 saturated carbocycles. The van der Waals surface area contributed by atoms with Crippen molar-refractivity contribution < 1.29 is 4.42 Å². The van der Waals surface area contributed by atoms with Gasteiger partial charge >= 0.3 is 0 Å². The molecular formula is C50H30N2OS. The van der Waals surface area contributed by atoms with E-state index in [2.05, 4.69) is 191 Å². The van der Waals surface area contributed by atoms with Gasteiger partial charge in [-0.25, -0.2) is 0 Å². The van der Waals surface area contributed by atoms with Gasteiger partial charge in [0.2, 0.25) is 5.71 Å². The molecular weight excluding hydrogens is 677 g/mol. The Kier molecular flexibility index (Phi) is 6.21. The molecule has 0 atom stereocenters. The standard InChI is InChI=1S/C50H30N2OS/c1-2-11-34(12-3-1)52-44-19-9-6-15-39(44)49-48-36(16-10-20-45(48)53-50(49)52)33-24-28-47-41(30-33)40-29-32(23-27-46(40)54-47)31-21-25-35(26-22-31)51-42-17-7-4-13-37(42)38-14-5-8-18-43(38)51/h1-30H. The molecule has 0 aliphatic heterocycles. The molecule has 12 rings (SSSR count). The second kappa shape index (κ2) is 11.3. The van der Waals surface area contributed by atoms with E-state index >= 15 is 0 Å². The van der Waals surface area contributed by atoms with Gasteiger partial charge in [-0.05, 0) is 95.1 Å². The summed E-state index contributed by atoms with van der Waals surface area (Å²) >= 11 is 1.86. The van der Waals surface area contributed by atoms with Gasteiger partial charge in [0.1, 0.15) is 5.58 Å². The summed E-state index contributed by atoms with van der Waals surface area (Å²) < 4.78 is 13.9. The maximum Gasteiger partial charge on any atom is 0.213 e. The summed E-state index contributed by atoms with van der Waals surface area (Å²) in [4.78, 5) is 0. The lowest BCUT2D eigenvalue weighted by Crippen LogP contribution is -1.93. The van der Waals surface area contributed by atoms with Crippen LogP contribution in [0.2, 0.25) is 0 Å².